The van der Waals surface area contributed by atoms with Crippen LogP contribution in [0.5, 0.6) is 0 Å². The number of aryl methyl sites for hydroxylation is 1. The number of carboxylic acids is 1. The molecular formula is C13H12FN3O3. The number of anilines is 1. The third-order valence-corrected chi connectivity index (χ3v) is 2.63. The van der Waals surface area contributed by atoms with Crippen molar-refractivity contribution in [3.63, 3.8) is 0 Å². The van der Waals surface area contributed by atoms with Crippen molar-refractivity contribution in [2.75, 3.05) is 5.32 Å². The van der Waals surface area contributed by atoms with Crippen molar-refractivity contribution in [1.29, 1.82) is 0 Å². The van der Waals surface area contributed by atoms with Gasteiger partial charge in [0, 0.05) is 11.9 Å². The number of halogens is 1. The van der Waals surface area contributed by atoms with Gasteiger partial charge in [-0.25, -0.2) is 9.18 Å². The molecule has 0 aliphatic heterocycles. The first-order valence-corrected chi connectivity index (χ1v) is 5.78. The quantitative estimate of drug-likeness (QED) is 0.890. The topological polar surface area (TPSA) is 84.2 Å². The van der Waals surface area contributed by atoms with Crippen molar-refractivity contribution in [2.45, 2.75) is 13.5 Å². The Morgan fingerprint density at radius 2 is 2.15 bits per heavy atom. The minimum Gasteiger partial charge on any atom is -0.476 e. The molecule has 1 aromatic heterocycles. The van der Waals surface area contributed by atoms with Crippen LogP contribution in [0, 0.1) is 12.7 Å². The molecule has 2 aromatic rings. The van der Waals surface area contributed by atoms with Crippen LogP contribution in [0.15, 0.2) is 30.5 Å². The predicted octanol–water partition coefficient (Wildman–Crippen LogP) is 1.67. The largest absolute Gasteiger partial charge is 0.476 e. The summed E-state index contributed by atoms with van der Waals surface area (Å²) in [6.45, 7) is 1.55. The van der Waals surface area contributed by atoms with Crippen molar-refractivity contribution in [3.8, 4) is 0 Å². The average Bonchev–Trinajstić information content (AvgIpc) is 2.81. The van der Waals surface area contributed by atoms with Crippen molar-refractivity contribution >= 4 is 17.6 Å². The molecule has 0 unspecified atom stereocenters. The highest BCUT2D eigenvalue weighted by molar-refractivity contribution is 5.91. The van der Waals surface area contributed by atoms with E-state index in [9.17, 15) is 14.0 Å². The summed E-state index contributed by atoms with van der Waals surface area (Å²) >= 11 is 0. The Balaban J connectivity index is 2.03. The first-order valence-electron chi connectivity index (χ1n) is 5.78. The fourth-order valence-corrected chi connectivity index (χ4v) is 1.67. The average molecular weight is 277 g/mol. The molecule has 1 heterocycles. The number of carbonyl (C=O) groups is 2. The third-order valence-electron chi connectivity index (χ3n) is 2.63. The van der Waals surface area contributed by atoms with Gasteiger partial charge >= 0.3 is 5.97 Å². The van der Waals surface area contributed by atoms with Gasteiger partial charge in [-0.3, -0.25) is 9.48 Å². The number of carbonyl (C=O) groups excluding carboxylic acids is 1. The summed E-state index contributed by atoms with van der Waals surface area (Å²) in [5.74, 6) is -1.91. The third kappa shape index (κ3) is 3.19. The molecule has 0 spiro atoms. The van der Waals surface area contributed by atoms with E-state index in [1.165, 1.54) is 35.1 Å². The maximum atomic E-state index is 12.9. The molecule has 20 heavy (non-hydrogen) atoms. The molecular weight excluding hydrogens is 265 g/mol. The molecule has 7 heteroatoms. The number of carboxylic acid groups (broad SMARTS) is 1. The lowest BCUT2D eigenvalue weighted by Gasteiger charge is -2.08. The highest BCUT2D eigenvalue weighted by Crippen LogP contribution is 2.15. The van der Waals surface area contributed by atoms with E-state index in [4.69, 9.17) is 5.11 Å². The van der Waals surface area contributed by atoms with E-state index in [0.717, 1.165) is 0 Å². The molecule has 6 nitrogen and oxygen atoms in total. The van der Waals surface area contributed by atoms with Crippen LogP contribution in [-0.4, -0.2) is 26.8 Å². The summed E-state index contributed by atoms with van der Waals surface area (Å²) in [4.78, 5) is 22.4. The Bertz CT molecular complexity index is 667. The first kappa shape index (κ1) is 13.7. The molecule has 1 aromatic carbocycles. The molecule has 0 atom stereocenters. The van der Waals surface area contributed by atoms with E-state index < -0.39 is 5.97 Å². The van der Waals surface area contributed by atoms with Gasteiger partial charge in [0.15, 0.2) is 5.69 Å². The zero-order chi connectivity index (χ0) is 14.7. The Morgan fingerprint density at radius 1 is 1.40 bits per heavy atom. The zero-order valence-corrected chi connectivity index (χ0v) is 10.6. The zero-order valence-electron chi connectivity index (χ0n) is 10.6. The summed E-state index contributed by atoms with van der Waals surface area (Å²) < 4.78 is 14.1. The van der Waals surface area contributed by atoms with Crippen molar-refractivity contribution < 1.29 is 19.1 Å². The lowest BCUT2D eigenvalue weighted by molar-refractivity contribution is -0.116. The number of aromatic carboxylic acids is 1. The van der Waals surface area contributed by atoms with E-state index in [1.807, 2.05) is 0 Å². The second kappa shape index (κ2) is 5.52. The van der Waals surface area contributed by atoms with E-state index in [0.29, 0.717) is 11.3 Å². The van der Waals surface area contributed by atoms with E-state index >= 15 is 0 Å². The summed E-state index contributed by atoms with van der Waals surface area (Å²) in [6, 6.07) is 5.33. The summed E-state index contributed by atoms with van der Waals surface area (Å²) in [5, 5.41) is 15.1. The van der Waals surface area contributed by atoms with E-state index in [1.54, 1.807) is 6.92 Å². The summed E-state index contributed by atoms with van der Waals surface area (Å²) in [6.07, 6.45) is 1.40. The second-order valence-corrected chi connectivity index (χ2v) is 4.21. The van der Waals surface area contributed by atoms with Gasteiger partial charge in [-0.1, -0.05) is 0 Å². The van der Waals surface area contributed by atoms with Crippen molar-refractivity contribution in [3.05, 3.63) is 47.5 Å². The Kier molecular flexibility index (Phi) is 3.79. The second-order valence-electron chi connectivity index (χ2n) is 4.21. The molecule has 0 aliphatic rings. The van der Waals surface area contributed by atoms with Gasteiger partial charge in [-0.05, 0) is 36.8 Å². The smallest absolute Gasteiger partial charge is 0.356 e. The summed E-state index contributed by atoms with van der Waals surface area (Å²) in [7, 11) is 0. The maximum absolute atomic E-state index is 12.9. The lowest BCUT2D eigenvalue weighted by Crippen LogP contribution is -2.20. The molecule has 0 bridgehead atoms. The Labute approximate surface area is 113 Å². The Morgan fingerprint density at radius 3 is 2.75 bits per heavy atom. The summed E-state index contributed by atoms with van der Waals surface area (Å²) in [5.41, 5.74) is 0.975. The number of hydrogen-bond donors (Lipinski definition) is 2. The highest BCUT2D eigenvalue weighted by atomic mass is 19.1. The molecule has 2 N–H and O–H groups in total. The van der Waals surface area contributed by atoms with Crippen LogP contribution in [0.4, 0.5) is 10.1 Å². The molecule has 0 saturated heterocycles. The van der Waals surface area contributed by atoms with Gasteiger partial charge in [0.05, 0.1) is 0 Å². The first-order chi connectivity index (χ1) is 9.45. The predicted molar refractivity (Wildman–Crippen MR) is 69.0 cm³/mol. The number of hydrogen-bond acceptors (Lipinski definition) is 3. The fraction of sp³-hybridized carbons (Fsp3) is 0.154. The van der Waals surface area contributed by atoms with Crippen LogP contribution < -0.4 is 5.32 Å². The van der Waals surface area contributed by atoms with Gasteiger partial charge in [0.2, 0.25) is 5.91 Å². The van der Waals surface area contributed by atoms with E-state index in [-0.39, 0.29) is 24.0 Å². The number of rotatable bonds is 4. The van der Waals surface area contributed by atoms with Gasteiger partial charge in [-0.15, -0.1) is 0 Å². The minimum absolute atomic E-state index is 0.121. The van der Waals surface area contributed by atoms with Crippen LogP contribution in [0.2, 0.25) is 0 Å². The normalized spacial score (nSPS) is 10.3. The highest BCUT2D eigenvalue weighted by Gasteiger charge is 2.10. The SMILES string of the molecule is Cc1cc(F)ccc1NC(=O)Cn1ccc(C(=O)O)n1. The molecule has 0 saturated carbocycles. The molecule has 0 aliphatic carbocycles. The molecule has 104 valence electrons. The molecule has 0 fully saturated rings. The monoisotopic (exact) mass is 277 g/mol. The number of benzene rings is 1. The van der Waals surface area contributed by atoms with Crippen LogP contribution >= 0.6 is 0 Å². The molecule has 1 amide bonds. The number of nitrogens with one attached hydrogen (secondary N) is 1. The van der Waals surface area contributed by atoms with Crippen LogP contribution in [0.3, 0.4) is 0 Å². The molecule has 2 rings (SSSR count). The Hall–Kier alpha value is -2.70. The van der Waals surface area contributed by atoms with Gasteiger partial charge in [-0.2, -0.15) is 5.10 Å². The van der Waals surface area contributed by atoms with Gasteiger partial charge in [0.1, 0.15) is 12.4 Å². The lowest BCUT2D eigenvalue weighted by atomic mass is 10.2. The van der Waals surface area contributed by atoms with Crippen LogP contribution in [0.25, 0.3) is 0 Å². The van der Waals surface area contributed by atoms with Crippen LogP contribution in [0.1, 0.15) is 16.1 Å². The van der Waals surface area contributed by atoms with E-state index in [2.05, 4.69) is 10.4 Å². The standard InChI is InChI=1S/C13H12FN3O3/c1-8-6-9(14)2-3-10(8)15-12(18)7-17-5-4-11(16-17)13(19)20/h2-6H,7H2,1H3,(H,15,18)(H,19,20). The van der Waals surface area contributed by atoms with Gasteiger partial charge < -0.3 is 10.4 Å². The number of amides is 1. The number of aromatic nitrogens is 2. The van der Waals surface area contributed by atoms with Crippen molar-refractivity contribution in [1.82, 2.24) is 9.78 Å². The minimum atomic E-state index is -1.15. The number of nitrogens with zero attached hydrogens (tertiary/aromatic N) is 2. The fourth-order valence-electron chi connectivity index (χ4n) is 1.67. The van der Waals surface area contributed by atoms with Gasteiger partial charge in [0.25, 0.3) is 0 Å². The van der Waals surface area contributed by atoms with Crippen LogP contribution in [-0.2, 0) is 11.3 Å². The van der Waals surface area contributed by atoms with Crippen molar-refractivity contribution in [2.24, 2.45) is 0 Å². The molecule has 0 radical (unpaired) electrons. The maximum Gasteiger partial charge on any atom is 0.356 e.